The zero-order chi connectivity index (χ0) is 15.2. The Morgan fingerprint density at radius 1 is 1.24 bits per heavy atom. The second-order valence-corrected chi connectivity index (χ2v) is 5.86. The predicted molar refractivity (Wildman–Crippen MR) is 89.9 cm³/mol. The highest BCUT2D eigenvalue weighted by molar-refractivity contribution is 6.34. The van der Waals surface area contributed by atoms with Gasteiger partial charge in [0, 0.05) is 34.2 Å². The Hall–Kier alpha value is -1.29. The van der Waals surface area contributed by atoms with Gasteiger partial charge in [0.1, 0.15) is 0 Å². The second kappa shape index (κ2) is 7.64. The maximum atomic E-state index is 6.11. The first kappa shape index (κ1) is 16.1. The van der Waals surface area contributed by atoms with Crippen LogP contribution in [0.2, 0.25) is 10.0 Å². The fraction of sp³-hybridized carbons (Fsp3) is 0.312. The minimum absolute atomic E-state index is 0.104. The summed E-state index contributed by atoms with van der Waals surface area (Å²) in [7, 11) is 0. The quantitative estimate of drug-likeness (QED) is 0.835. The van der Waals surface area contributed by atoms with Gasteiger partial charge in [-0.3, -0.25) is 4.98 Å². The van der Waals surface area contributed by atoms with Gasteiger partial charge in [-0.25, -0.2) is 0 Å². The number of rotatable bonds is 6. The van der Waals surface area contributed by atoms with Crippen LogP contribution in [0.3, 0.4) is 0 Å². The highest BCUT2D eigenvalue weighted by atomic mass is 35.5. The predicted octanol–water partition coefficient (Wildman–Crippen LogP) is 4.25. The number of halogens is 2. The average molecular weight is 324 g/mol. The van der Waals surface area contributed by atoms with Crippen LogP contribution >= 0.6 is 23.2 Å². The van der Waals surface area contributed by atoms with E-state index < -0.39 is 0 Å². The third-order valence-electron chi connectivity index (χ3n) is 3.29. The number of benzene rings is 1. The molecule has 0 amide bonds. The van der Waals surface area contributed by atoms with E-state index in [1.807, 2.05) is 24.4 Å². The van der Waals surface area contributed by atoms with Crippen molar-refractivity contribution in [1.82, 2.24) is 10.3 Å². The number of nitrogens with one attached hydrogen (secondary N) is 1. The first-order valence-electron chi connectivity index (χ1n) is 6.98. The lowest BCUT2D eigenvalue weighted by Crippen LogP contribution is -2.24. The van der Waals surface area contributed by atoms with E-state index >= 15 is 0 Å². The zero-order valence-corrected chi connectivity index (χ0v) is 13.5. The van der Waals surface area contributed by atoms with E-state index in [1.165, 1.54) is 0 Å². The standard InChI is InChI=1S/C16H19Cl2N3/c1-2-4-21-16(8-12-10-20-5-3-15(12)19)11-6-13(17)9-14(18)7-11/h3,5-7,9-10,16,21H,2,4,8H2,1H3,(H2,19,20). The Labute approximate surface area is 135 Å². The zero-order valence-electron chi connectivity index (χ0n) is 11.9. The Morgan fingerprint density at radius 3 is 2.57 bits per heavy atom. The highest BCUT2D eigenvalue weighted by Crippen LogP contribution is 2.27. The van der Waals surface area contributed by atoms with E-state index in [0.29, 0.717) is 10.0 Å². The third-order valence-corrected chi connectivity index (χ3v) is 3.73. The number of hydrogen-bond acceptors (Lipinski definition) is 3. The molecule has 5 heteroatoms. The molecular weight excluding hydrogens is 305 g/mol. The minimum Gasteiger partial charge on any atom is -0.398 e. The maximum absolute atomic E-state index is 6.11. The van der Waals surface area contributed by atoms with Gasteiger partial charge in [-0.05, 0) is 54.8 Å². The molecule has 0 aliphatic carbocycles. The van der Waals surface area contributed by atoms with Crippen LogP contribution in [-0.2, 0) is 6.42 Å². The number of hydrogen-bond donors (Lipinski definition) is 2. The summed E-state index contributed by atoms with van der Waals surface area (Å²) < 4.78 is 0. The SMILES string of the molecule is CCCNC(Cc1cnccc1N)c1cc(Cl)cc(Cl)c1. The van der Waals surface area contributed by atoms with Crippen molar-refractivity contribution in [2.75, 3.05) is 12.3 Å². The molecule has 0 bridgehead atoms. The minimum atomic E-state index is 0.104. The molecule has 2 rings (SSSR count). The monoisotopic (exact) mass is 323 g/mol. The summed E-state index contributed by atoms with van der Waals surface area (Å²) in [5, 5.41) is 4.79. The lowest BCUT2D eigenvalue weighted by molar-refractivity contribution is 0.529. The van der Waals surface area contributed by atoms with Crippen molar-refractivity contribution in [3.8, 4) is 0 Å². The van der Waals surface area contributed by atoms with Gasteiger partial charge in [-0.15, -0.1) is 0 Å². The van der Waals surface area contributed by atoms with Crippen LogP contribution in [0.25, 0.3) is 0 Å². The topological polar surface area (TPSA) is 50.9 Å². The highest BCUT2D eigenvalue weighted by Gasteiger charge is 2.14. The summed E-state index contributed by atoms with van der Waals surface area (Å²) in [5.41, 5.74) is 8.84. The molecular formula is C16H19Cl2N3. The molecule has 1 unspecified atom stereocenters. The third kappa shape index (κ3) is 4.60. The van der Waals surface area contributed by atoms with Crippen LogP contribution in [0.1, 0.15) is 30.5 Å². The van der Waals surface area contributed by atoms with Crippen molar-refractivity contribution in [3.05, 3.63) is 57.8 Å². The van der Waals surface area contributed by atoms with Crippen LogP contribution in [-0.4, -0.2) is 11.5 Å². The molecule has 1 aromatic carbocycles. The molecule has 112 valence electrons. The van der Waals surface area contributed by atoms with Crippen molar-refractivity contribution in [2.45, 2.75) is 25.8 Å². The van der Waals surface area contributed by atoms with Gasteiger partial charge in [0.15, 0.2) is 0 Å². The molecule has 0 saturated heterocycles. The average Bonchev–Trinajstić information content (AvgIpc) is 2.44. The molecule has 0 fully saturated rings. The van der Waals surface area contributed by atoms with Crippen LogP contribution in [0.15, 0.2) is 36.7 Å². The van der Waals surface area contributed by atoms with Crippen LogP contribution in [0, 0.1) is 0 Å². The lowest BCUT2D eigenvalue weighted by atomic mass is 9.99. The van der Waals surface area contributed by atoms with Crippen LogP contribution < -0.4 is 11.1 Å². The van der Waals surface area contributed by atoms with Crippen LogP contribution in [0.5, 0.6) is 0 Å². The summed E-state index contributed by atoms with van der Waals surface area (Å²) in [6.45, 7) is 3.04. The van der Waals surface area contributed by atoms with E-state index in [-0.39, 0.29) is 6.04 Å². The van der Waals surface area contributed by atoms with Crippen molar-refractivity contribution >= 4 is 28.9 Å². The lowest BCUT2D eigenvalue weighted by Gasteiger charge is -2.20. The number of pyridine rings is 1. The second-order valence-electron chi connectivity index (χ2n) is 4.99. The molecule has 1 aromatic heterocycles. The van der Waals surface area contributed by atoms with E-state index in [1.54, 1.807) is 12.3 Å². The van der Waals surface area contributed by atoms with Crippen molar-refractivity contribution < 1.29 is 0 Å². The van der Waals surface area contributed by atoms with E-state index in [4.69, 9.17) is 28.9 Å². The van der Waals surface area contributed by atoms with Crippen LogP contribution in [0.4, 0.5) is 5.69 Å². The van der Waals surface area contributed by atoms with Gasteiger partial charge in [-0.2, -0.15) is 0 Å². The normalized spacial score (nSPS) is 12.3. The van der Waals surface area contributed by atoms with Gasteiger partial charge >= 0.3 is 0 Å². The molecule has 0 aliphatic heterocycles. The number of nitrogen functional groups attached to an aromatic ring is 1. The molecule has 2 aromatic rings. The molecule has 3 N–H and O–H groups in total. The Bertz CT molecular complexity index is 582. The van der Waals surface area contributed by atoms with Gasteiger partial charge < -0.3 is 11.1 Å². The summed E-state index contributed by atoms with van der Waals surface area (Å²) in [6.07, 6.45) is 5.30. The molecule has 0 saturated carbocycles. The van der Waals surface area contributed by atoms with Gasteiger partial charge in [0.25, 0.3) is 0 Å². The van der Waals surface area contributed by atoms with E-state index in [9.17, 15) is 0 Å². The molecule has 1 heterocycles. The number of aromatic nitrogens is 1. The van der Waals surface area contributed by atoms with Crippen molar-refractivity contribution in [3.63, 3.8) is 0 Å². The molecule has 21 heavy (non-hydrogen) atoms. The number of anilines is 1. The number of nitrogens with two attached hydrogens (primary N) is 1. The van der Waals surface area contributed by atoms with Gasteiger partial charge in [0.05, 0.1) is 0 Å². The van der Waals surface area contributed by atoms with Gasteiger partial charge in [-0.1, -0.05) is 30.1 Å². The maximum Gasteiger partial charge on any atom is 0.0424 e. The fourth-order valence-corrected chi connectivity index (χ4v) is 2.77. The van der Waals surface area contributed by atoms with Crippen molar-refractivity contribution in [1.29, 1.82) is 0 Å². The Balaban J connectivity index is 2.27. The number of nitrogens with zero attached hydrogens (tertiary/aromatic N) is 1. The van der Waals surface area contributed by atoms with Crippen molar-refractivity contribution in [2.24, 2.45) is 0 Å². The molecule has 0 aliphatic rings. The first-order valence-corrected chi connectivity index (χ1v) is 7.73. The summed E-state index contributed by atoms with van der Waals surface area (Å²) in [6, 6.07) is 7.53. The van der Waals surface area contributed by atoms with E-state index in [0.717, 1.165) is 36.2 Å². The fourth-order valence-electron chi connectivity index (χ4n) is 2.23. The Kier molecular flexibility index (Phi) is 5.85. The first-order chi connectivity index (χ1) is 10.1. The summed E-state index contributed by atoms with van der Waals surface area (Å²) in [5.74, 6) is 0. The summed E-state index contributed by atoms with van der Waals surface area (Å²) in [4.78, 5) is 4.15. The van der Waals surface area contributed by atoms with E-state index in [2.05, 4.69) is 17.2 Å². The molecule has 3 nitrogen and oxygen atoms in total. The summed E-state index contributed by atoms with van der Waals surface area (Å²) >= 11 is 12.2. The van der Waals surface area contributed by atoms with Gasteiger partial charge in [0.2, 0.25) is 0 Å². The molecule has 1 atom stereocenters. The largest absolute Gasteiger partial charge is 0.398 e. The smallest absolute Gasteiger partial charge is 0.0424 e. The molecule has 0 radical (unpaired) electrons. The Morgan fingerprint density at radius 2 is 1.95 bits per heavy atom. The molecule has 0 spiro atoms.